The number of alkyl halides is 3. The van der Waals surface area contributed by atoms with Crippen LogP contribution in [0.1, 0.15) is 49.7 Å². The van der Waals surface area contributed by atoms with Gasteiger partial charge in [-0.05, 0) is 24.5 Å². The van der Waals surface area contributed by atoms with Crippen LogP contribution in [0.3, 0.4) is 0 Å². The van der Waals surface area contributed by atoms with E-state index >= 15 is 0 Å². The molecule has 2 atom stereocenters. The summed E-state index contributed by atoms with van der Waals surface area (Å²) in [4.78, 5) is 22.8. The van der Waals surface area contributed by atoms with Crippen LogP contribution in [0.25, 0.3) is 0 Å². The molecular formula is C17H21F3N2O2. The third-order valence-corrected chi connectivity index (χ3v) is 4.28. The van der Waals surface area contributed by atoms with Gasteiger partial charge in [0, 0.05) is 18.9 Å². The first-order valence-electron chi connectivity index (χ1n) is 7.99. The zero-order chi connectivity index (χ0) is 17.7. The molecule has 0 aromatic heterocycles. The summed E-state index contributed by atoms with van der Waals surface area (Å²) >= 11 is 0. The van der Waals surface area contributed by atoms with E-state index in [1.807, 2.05) is 0 Å². The third-order valence-electron chi connectivity index (χ3n) is 4.28. The Labute approximate surface area is 138 Å². The molecule has 1 aromatic rings. The lowest BCUT2D eigenvalue weighted by Gasteiger charge is -2.34. The number of carbonyl (C=O) groups is 2. The highest BCUT2D eigenvalue weighted by molar-refractivity contribution is 5.83. The van der Waals surface area contributed by atoms with E-state index in [0.717, 1.165) is 18.9 Å². The summed E-state index contributed by atoms with van der Waals surface area (Å²) in [7, 11) is 0. The maximum Gasteiger partial charge on any atom is 0.416 e. The number of carbonyl (C=O) groups excluding carboxylic acids is 2. The highest BCUT2D eigenvalue weighted by Crippen LogP contribution is 2.40. The Balaban J connectivity index is 2.18. The van der Waals surface area contributed by atoms with Crippen molar-refractivity contribution in [1.82, 2.24) is 10.6 Å². The van der Waals surface area contributed by atoms with Gasteiger partial charge in [0.05, 0.1) is 12.1 Å². The average Bonchev–Trinajstić information content (AvgIpc) is 2.53. The van der Waals surface area contributed by atoms with Crippen molar-refractivity contribution in [2.45, 2.75) is 50.7 Å². The fraction of sp³-hybridized carbons (Fsp3) is 0.529. The standard InChI is InChI=1S/C17H21F3N2O2/c1-11(23)21-10-16(24)22-15-9-5-3-7-13(15)12-6-2-4-8-14(12)17(18,19)20/h2,4,6,8,13,15H,3,5,7,9-10H2,1H3,(H,21,23)(H,22,24)/t13-,15+/m0/s1. The highest BCUT2D eigenvalue weighted by atomic mass is 19.4. The maximum absolute atomic E-state index is 13.3. The van der Waals surface area contributed by atoms with Gasteiger partial charge >= 0.3 is 6.18 Å². The van der Waals surface area contributed by atoms with Crippen LogP contribution in [-0.2, 0) is 15.8 Å². The molecule has 1 aliphatic carbocycles. The topological polar surface area (TPSA) is 58.2 Å². The Morgan fingerprint density at radius 3 is 2.50 bits per heavy atom. The minimum absolute atomic E-state index is 0.167. The van der Waals surface area contributed by atoms with E-state index in [2.05, 4.69) is 10.6 Å². The van der Waals surface area contributed by atoms with E-state index in [1.165, 1.54) is 19.1 Å². The molecule has 2 rings (SSSR count). The second-order valence-corrected chi connectivity index (χ2v) is 6.06. The maximum atomic E-state index is 13.3. The Morgan fingerprint density at radius 2 is 1.83 bits per heavy atom. The Bertz CT molecular complexity index is 602. The van der Waals surface area contributed by atoms with Crippen LogP contribution in [0.2, 0.25) is 0 Å². The van der Waals surface area contributed by atoms with Crippen molar-refractivity contribution in [3.05, 3.63) is 35.4 Å². The number of amides is 2. The van der Waals surface area contributed by atoms with Crippen LogP contribution in [0.15, 0.2) is 24.3 Å². The molecular weight excluding hydrogens is 321 g/mol. The van der Waals surface area contributed by atoms with Crippen molar-refractivity contribution in [1.29, 1.82) is 0 Å². The zero-order valence-electron chi connectivity index (χ0n) is 13.5. The molecule has 0 aliphatic heterocycles. The van der Waals surface area contributed by atoms with Gasteiger partial charge in [-0.25, -0.2) is 0 Å². The molecule has 0 saturated heterocycles. The van der Waals surface area contributed by atoms with Crippen molar-refractivity contribution >= 4 is 11.8 Å². The van der Waals surface area contributed by atoms with Gasteiger partial charge in [-0.2, -0.15) is 13.2 Å². The average molecular weight is 342 g/mol. The van der Waals surface area contributed by atoms with Crippen molar-refractivity contribution < 1.29 is 22.8 Å². The fourth-order valence-corrected chi connectivity index (χ4v) is 3.22. The smallest absolute Gasteiger partial charge is 0.351 e. The van der Waals surface area contributed by atoms with Crippen LogP contribution in [0, 0.1) is 0 Å². The van der Waals surface area contributed by atoms with Gasteiger partial charge in [-0.15, -0.1) is 0 Å². The monoisotopic (exact) mass is 342 g/mol. The first kappa shape index (κ1) is 18.3. The molecule has 0 spiro atoms. The normalized spacial score (nSPS) is 21.2. The molecule has 7 heteroatoms. The van der Waals surface area contributed by atoms with Gasteiger partial charge in [0.25, 0.3) is 0 Å². The molecule has 1 aromatic carbocycles. The summed E-state index contributed by atoms with van der Waals surface area (Å²) in [5.41, 5.74) is -0.410. The van der Waals surface area contributed by atoms with Crippen LogP contribution >= 0.6 is 0 Å². The number of halogens is 3. The van der Waals surface area contributed by atoms with Crippen molar-refractivity contribution in [3.63, 3.8) is 0 Å². The fourth-order valence-electron chi connectivity index (χ4n) is 3.22. The molecule has 2 N–H and O–H groups in total. The predicted octanol–water partition coefficient (Wildman–Crippen LogP) is 2.98. The van der Waals surface area contributed by atoms with Crippen LogP contribution in [-0.4, -0.2) is 24.4 Å². The SMILES string of the molecule is CC(=O)NCC(=O)N[C@@H]1CCCC[C@H]1c1ccccc1C(F)(F)F. The summed E-state index contributed by atoms with van der Waals surface area (Å²) in [6.07, 6.45) is -1.51. The van der Waals surface area contributed by atoms with E-state index in [4.69, 9.17) is 0 Å². The van der Waals surface area contributed by atoms with Crippen LogP contribution < -0.4 is 10.6 Å². The van der Waals surface area contributed by atoms with Crippen molar-refractivity contribution in [2.24, 2.45) is 0 Å². The first-order valence-corrected chi connectivity index (χ1v) is 7.99. The second-order valence-electron chi connectivity index (χ2n) is 6.06. The number of rotatable bonds is 4. The summed E-state index contributed by atoms with van der Waals surface area (Å²) in [6.45, 7) is 1.13. The van der Waals surface area contributed by atoms with Gasteiger partial charge < -0.3 is 10.6 Å². The number of benzene rings is 1. The third kappa shape index (κ3) is 4.72. The van der Waals surface area contributed by atoms with Crippen molar-refractivity contribution in [3.8, 4) is 0 Å². The van der Waals surface area contributed by atoms with E-state index in [9.17, 15) is 22.8 Å². The Kier molecular flexibility index (Phi) is 5.85. The lowest BCUT2D eigenvalue weighted by Crippen LogP contribution is -2.45. The van der Waals surface area contributed by atoms with Gasteiger partial charge in [-0.1, -0.05) is 31.0 Å². The second kappa shape index (κ2) is 7.68. The predicted molar refractivity (Wildman–Crippen MR) is 83.3 cm³/mol. The molecule has 1 fully saturated rings. The molecule has 0 unspecified atom stereocenters. The number of nitrogens with one attached hydrogen (secondary N) is 2. The zero-order valence-corrected chi connectivity index (χ0v) is 13.5. The minimum Gasteiger partial charge on any atom is -0.351 e. The molecule has 0 radical (unpaired) electrons. The highest BCUT2D eigenvalue weighted by Gasteiger charge is 2.37. The largest absolute Gasteiger partial charge is 0.416 e. The van der Waals surface area contributed by atoms with E-state index < -0.39 is 11.7 Å². The summed E-state index contributed by atoms with van der Waals surface area (Å²) < 4.78 is 39.8. The molecule has 24 heavy (non-hydrogen) atoms. The van der Waals surface area contributed by atoms with E-state index in [0.29, 0.717) is 12.8 Å². The quantitative estimate of drug-likeness (QED) is 0.884. The molecule has 132 valence electrons. The van der Waals surface area contributed by atoms with Gasteiger partial charge in [0.1, 0.15) is 0 Å². The minimum atomic E-state index is -4.42. The summed E-state index contributed by atoms with van der Waals surface area (Å²) in [5.74, 6) is -1.09. The number of hydrogen-bond donors (Lipinski definition) is 2. The molecule has 1 saturated carbocycles. The molecule has 4 nitrogen and oxygen atoms in total. The lowest BCUT2D eigenvalue weighted by molar-refractivity contribution is -0.138. The summed E-state index contributed by atoms with van der Waals surface area (Å²) in [5, 5.41) is 5.17. The molecule has 2 amide bonds. The Morgan fingerprint density at radius 1 is 1.17 bits per heavy atom. The van der Waals surface area contributed by atoms with Gasteiger partial charge in [0.2, 0.25) is 11.8 Å². The van der Waals surface area contributed by atoms with Gasteiger partial charge in [0.15, 0.2) is 0 Å². The molecule has 0 heterocycles. The van der Waals surface area contributed by atoms with Gasteiger partial charge in [-0.3, -0.25) is 9.59 Å². The van der Waals surface area contributed by atoms with E-state index in [-0.39, 0.29) is 35.9 Å². The van der Waals surface area contributed by atoms with Crippen LogP contribution in [0.5, 0.6) is 0 Å². The lowest BCUT2D eigenvalue weighted by atomic mass is 9.78. The molecule has 0 bridgehead atoms. The molecule has 1 aliphatic rings. The first-order chi connectivity index (χ1) is 11.3. The number of hydrogen-bond acceptors (Lipinski definition) is 2. The van der Waals surface area contributed by atoms with E-state index in [1.54, 1.807) is 6.07 Å². The van der Waals surface area contributed by atoms with Crippen molar-refractivity contribution in [2.75, 3.05) is 6.54 Å². The Hall–Kier alpha value is -2.05. The summed E-state index contributed by atoms with van der Waals surface area (Å²) in [6, 6.07) is 5.18. The van der Waals surface area contributed by atoms with Crippen LogP contribution in [0.4, 0.5) is 13.2 Å².